The molecule has 0 radical (unpaired) electrons. The average Bonchev–Trinajstić information content (AvgIpc) is 1.27. The highest BCUT2D eigenvalue weighted by molar-refractivity contribution is 5.82. The first-order chi connectivity index (χ1) is 3.13. The molecule has 8 heavy (non-hydrogen) atoms. The Kier molecular flexibility index (Phi) is 5.41. The van der Waals surface area contributed by atoms with Crippen LogP contribution in [0.4, 0.5) is 0 Å². The normalized spacial score (nSPS) is 6.75. The Balaban J connectivity index is 0. The Morgan fingerprint density at radius 3 is 1.38 bits per heavy atom. The van der Waals surface area contributed by atoms with Gasteiger partial charge in [0.2, 0.25) is 0 Å². The van der Waals surface area contributed by atoms with Crippen LogP contribution in [0.5, 0.6) is 0 Å². The maximum absolute atomic E-state index is 9.81. The Labute approximate surface area is 47.4 Å². The molecule has 0 rings (SSSR count). The summed E-state index contributed by atoms with van der Waals surface area (Å²) in [5.74, 6) is -1.12. The summed E-state index contributed by atoms with van der Waals surface area (Å²) in [6, 6.07) is 0. The summed E-state index contributed by atoms with van der Waals surface area (Å²) in [7, 11) is 0. The lowest BCUT2D eigenvalue weighted by Crippen LogP contribution is -2.03. The molecule has 0 amide bonds. The van der Waals surface area contributed by atoms with Gasteiger partial charge in [-0.1, -0.05) is 0 Å². The van der Waals surface area contributed by atoms with E-state index < -0.39 is 11.9 Å². The van der Waals surface area contributed by atoms with E-state index >= 15 is 0 Å². The highest BCUT2D eigenvalue weighted by Crippen LogP contribution is 1.73. The first-order valence-corrected chi connectivity index (χ1v) is 1.82. The van der Waals surface area contributed by atoms with Gasteiger partial charge in [-0.2, -0.15) is 0 Å². The number of rotatable bonds is 0. The third-order valence-corrected chi connectivity index (χ3v) is 0.287. The summed E-state index contributed by atoms with van der Waals surface area (Å²) >= 11 is 0. The van der Waals surface area contributed by atoms with Crippen molar-refractivity contribution in [2.75, 3.05) is 0 Å². The molecular formula is C4H9NO3. The van der Waals surface area contributed by atoms with Crippen LogP contribution >= 0.6 is 0 Å². The monoisotopic (exact) mass is 119 g/mol. The number of carbonyl (C=O) groups excluding carboxylic acids is 2. The summed E-state index contributed by atoms with van der Waals surface area (Å²) in [4.78, 5) is 19.6. The molecule has 0 aromatic rings. The zero-order chi connectivity index (χ0) is 5.86. The SMILES string of the molecule is CC(=O)OC(C)=O.N. The van der Waals surface area contributed by atoms with E-state index in [-0.39, 0.29) is 6.15 Å². The standard InChI is InChI=1S/C4H6O3.H3N/c1-3(5)7-4(2)6;/h1-2H3;1H3. The Morgan fingerprint density at radius 2 is 1.38 bits per heavy atom. The molecule has 0 heterocycles. The van der Waals surface area contributed by atoms with Crippen molar-refractivity contribution in [2.24, 2.45) is 0 Å². The van der Waals surface area contributed by atoms with Crippen LogP contribution in [0.15, 0.2) is 0 Å². The van der Waals surface area contributed by atoms with Gasteiger partial charge >= 0.3 is 11.9 Å². The van der Waals surface area contributed by atoms with Gasteiger partial charge in [0, 0.05) is 13.8 Å². The second-order valence-electron chi connectivity index (χ2n) is 1.09. The highest BCUT2D eigenvalue weighted by Gasteiger charge is 1.93. The lowest BCUT2D eigenvalue weighted by Gasteiger charge is -1.87. The van der Waals surface area contributed by atoms with Crippen molar-refractivity contribution in [3.8, 4) is 0 Å². The molecule has 0 atom stereocenters. The third-order valence-electron chi connectivity index (χ3n) is 0.287. The van der Waals surface area contributed by atoms with Crippen LogP contribution < -0.4 is 6.15 Å². The van der Waals surface area contributed by atoms with Crippen molar-refractivity contribution in [3.05, 3.63) is 0 Å². The van der Waals surface area contributed by atoms with Crippen LogP contribution in [0.1, 0.15) is 13.8 Å². The molecule has 0 bridgehead atoms. The minimum atomic E-state index is -0.562. The largest absolute Gasteiger partial charge is 0.394 e. The second-order valence-corrected chi connectivity index (χ2v) is 1.09. The zero-order valence-electron chi connectivity index (χ0n) is 4.93. The molecule has 0 fully saturated rings. The lowest BCUT2D eigenvalue weighted by molar-refractivity contribution is -0.156. The van der Waals surface area contributed by atoms with E-state index in [1.807, 2.05) is 0 Å². The van der Waals surface area contributed by atoms with E-state index in [0.29, 0.717) is 0 Å². The molecule has 0 unspecified atom stereocenters. The number of ether oxygens (including phenoxy) is 1. The Hall–Kier alpha value is -0.900. The summed E-state index contributed by atoms with van der Waals surface area (Å²) in [5, 5.41) is 0. The quantitative estimate of drug-likeness (QED) is 0.366. The second kappa shape index (κ2) is 4.26. The number of esters is 2. The molecule has 3 N–H and O–H groups in total. The van der Waals surface area contributed by atoms with Crippen LogP contribution in [0.3, 0.4) is 0 Å². The fraction of sp³-hybridized carbons (Fsp3) is 0.500. The van der Waals surface area contributed by atoms with Gasteiger partial charge < -0.3 is 10.9 Å². The van der Waals surface area contributed by atoms with Gasteiger partial charge in [0.15, 0.2) is 0 Å². The third kappa shape index (κ3) is 8.92. The van der Waals surface area contributed by atoms with Gasteiger partial charge in [-0.15, -0.1) is 0 Å². The van der Waals surface area contributed by atoms with Gasteiger partial charge in [0.1, 0.15) is 0 Å². The zero-order valence-corrected chi connectivity index (χ0v) is 4.93. The van der Waals surface area contributed by atoms with Gasteiger partial charge in [0.25, 0.3) is 0 Å². The minimum Gasteiger partial charge on any atom is -0.394 e. The topological polar surface area (TPSA) is 78.4 Å². The summed E-state index contributed by atoms with van der Waals surface area (Å²) in [6.07, 6.45) is 0. The maximum atomic E-state index is 9.81. The molecule has 0 spiro atoms. The molecule has 0 saturated heterocycles. The van der Waals surface area contributed by atoms with E-state index in [0.717, 1.165) is 0 Å². The van der Waals surface area contributed by atoms with E-state index in [1.54, 1.807) is 0 Å². The fourth-order valence-corrected chi connectivity index (χ4v) is 0.202. The van der Waals surface area contributed by atoms with Crippen molar-refractivity contribution >= 4 is 11.9 Å². The number of carbonyl (C=O) groups is 2. The summed E-state index contributed by atoms with van der Waals surface area (Å²) in [6.45, 7) is 2.36. The van der Waals surface area contributed by atoms with Crippen molar-refractivity contribution in [1.82, 2.24) is 6.15 Å². The van der Waals surface area contributed by atoms with E-state index in [4.69, 9.17) is 0 Å². The molecule has 4 nitrogen and oxygen atoms in total. The molecule has 0 aliphatic rings. The van der Waals surface area contributed by atoms with E-state index in [2.05, 4.69) is 4.74 Å². The molecule has 0 aromatic carbocycles. The number of hydrogen-bond acceptors (Lipinski definition) is 4. The molecule has 48 valence electrons. The first kappa shape index (κ1) is 10.2. The van der Waals surface area contributed by atoms with Gasteiger partial charge in [-0.3, -0.25) is 9.59 Å². The van der Waals surface area contributed by atoms with Crippen LogP contribution in [0, 0.1) is 0 Å². The maximum Gasteiger partial charge on any atom is 0.310 e. The molecule has 0 aliphatic heterocycles. The summed E-state index contributed by atoms with van der Waals surface area (Å²) in [5.41, 5.74) is 0. The predicted octanol–water partition coefficient (Wildman–Crippen LogP) is 0.258. The highest BCUT2D eigenvalue weighted by atomic mass is 16.6. The van der Waals surface area contributed by atoms with Crippen LogP contribution in [0.2, 0.25) is 0 Å². The van der Waals surface area contributed by atoms with E-state index in [9.17, 15) is 9.59 Å². The molecule has 0 saturated carbocycles. The van der Waals surface area contributed by atoms with Gasteiger partial charge in [-0.25, -0.2) is 0 Å². The van der Waals surface area contributed by atoms with Gasteiger partial charge in [-0.05, 0) is 0 Å². The Bertz CT molecular complexity index is 87.5. The van der Waals surface area contributed by atoms with Crippen LogP contribution in [-0.4, -0.2) is 11.9 Å². The van der Waals surface area contributed by atoms with Crippen LogP contribution in [-0.2, 0) is 14.3 Å². The predicted molar refractivity (Wildman–Crippen MR) is 27.5 cm³/mol. The minimum absolute atomic E-state index is 0. The van der Waals surface area contributed by atoms with Crippen molar-refractivity contribution in [1.29, 1.82) is 0 Å². The first-order valence-electron chi connectivity index (χ1n) is 1.82. The number of hydrogen-bond donors (Lipinski definition) is 1. The molecule has 0 aromatic heterocycles. The van der Waals surface area contributed by atoms with Crippen molar-refractivity contribution in [3.63, 3.8) is 0 Å². The average molecular weight is 119 g/mol. The summed E-state index contributed by atoms with van der Waals surface area (Å²) < 4.78 is 3.97. The van der Waals surface area contributed by atoms with Crippen LogP contribution in [0.25, 0.3) is 0 Å². The van der Waals surface area contributed by atoms with E-state index in [1.165, 1.54) is 13.8 Å². The van der Waals surface area contributed by atoms with Gasteiger partial charge in [0.05, 0.1) is 0 Å². The molecular weight excluding hydrogens is 110 g/mol. The van der Waals surface area contributed by atoms with Crippen molar-refractivity contribution < 1.29 is 14.3 Å². The van der Waals surface area contributed by atoms with Crippen molar-refractivity contribution in [2.45, 2.75) is 13.8 Å². The fourth-order valence-electron chi connectivity index (χ4n) is 0.202. The molecule has 4 heteroatoms. The molecule has 0 aliphatic carbocycles. The lowest BCUT2D eigenvalue weighted by atomic mass is 10.7. The smallest absolute Gasteiger partial charge is 0.310 e. The Morgan fingerprint density at radius 1 is 1.12 bits per heavy atom.